The fourth-order valence-electron chi connectivity index (χ4n) is 1.87. The van der Waals surface area contributed by atoms with E-state index in [0.29, 0.717) is 15.6 Å². The Morgan fingerprint density at radius 3 is 2.17 bits per heavy atom. The molecule has 2 aromatic rings. The van der Waals surface area contributed by atoms with Crippen LogP contribution in [0.5, 0.6) is 5.75 Å². The van der Waals surface area contributed by atoms with Crippen molar-refractivity contribution in [3.63, 3.8) is 0 Å². The summed E-state index contributed by atoms with van der Waals surface area (Å²) in [6.07, 6.45) is 0. The second-order valence-corrected chi connectivity index (χ2v) is 6.42. The Morgan fingerprint density at radius 1 is 1.04 bits per heavy atom. The molecular weight excluding hydrogens is 349 g/mol. The van der Waals surface area contributed by atoms with Crippen LogP contribution in [0.2, 0.25) is 10.0 Å². The van der Waals surface area contributed by atoms with Crippen molar-refractivity contribution >= 4 is 40.6 Å². The molecule has 4 nitrogen and oxygen atoms in total. The maximum atomic E-state index is 12.1. The van der Waals surface area contributed by atoms with Gasteiger partial charge in [0.1, 0.15) is 5.75 Å². The highest BCUT2D eigenvalue weighted by Gasteiger charge is 2.11. The summed E-state index contributed by atoms with van der Waals surface area (Å²) in [5.41, 5.74) is 1.14. The Labute approximate surface area is 150 Å². The molecule has 1 N–H and O–H groups in total. The number of carbonyl (C=O) groups excluding carboxylic acids is 2. The lowest BCUT2D eigenvalue weighted by molar-refractivity contribution is -0.120. The van der Waals surface area contributed by atoms with E-state index in [1.165, 1.54) is 12.1 Å². The number of carbonyl (C=O) groups is 2. The Hall–Kier alpha value is -2.04. The van der Waals surface area contributed by atoms with Crippen LogP contribution in [-0.4, -0.2) is 18.3 Å². The Bertz CT molecular complexity index is 722. The van der Waals surface area contributed by atoms with Crippen LogP contribution in [0.3, 0.4) is 0 Å². The quantitative estimate of drug-likeness (QED) is 0.587. The molecule has 0 radical (unpaired) electrons. The zero-order chi connectivity index (χ0) is 17.7. The molecule has 0 aliphatic heterocycles. The number of ether oxygens (including phenoxy) is 1. The molecule has 0 unspecified atom stereocenters. The molecule has 0 heterocycles. The summed E-state index contributed by atoms with van der Waals surface area (Å²) in [5, 5.41) is 3.80. The highest BCUT2D eigenvalue weighted by molar-refractivity contribution is 6.34. The van der Waals surface area contributed by atoms with Crippen LogP contribution in [-0.2, 0) is 4.79 Å². The summed E-state index contributed by atoms with van der Waals surface area (Å²) in [7, 11) is 0. The fourth-order valence-corrected chi connectivity index (χ4v) is 2.38. The van der Waals surface area contributed by atoms with Gasteiger partial charge < -0.3 is 10.1 Å². The normalized spacial score (nSPS) is 10.5. The van der Waals surface area contributed by atoms with Gasteiger partial charge in [0.25, 0.3) is 0 Å². The molecule has 0 saturated carbocycles. The fraction of sp³-hybridized carbons (Fsp3) is 0.222. The zero-order valence-corrected chi connectivity index (χ0v) is 14.8. The molecule has 0 saturated heterocycles. The van der Waals surface area contributed by atoms with E-state index in [1.54, 1.807) is 30.3 Å². The number of anilines is 1. The maximum absolute atomic E-state index is 12.1. The molecule has 0 atom stereocenters. The number of hydrogen-bond acceptors (Lipinski definition) is 4. The van der Waals surface area contributed by atoms with Crippen LogP contribution in [0.4, 0.5) is 5.69 Å². The molecule has 24 heavy (non-hydrogen) atoms. The predicted molar refractivity (Wildman–Crippen MR) is 96.2 cm³/mol. The van der Waals surface area contributed by atoms with Gasteiger partial charge in [-0.15, -0.1) is 0 Å². The third-order valence-electron chi connectivity index (χ3n) is 3.28. The van der Waals surface area contributed by atoms with Crippen molar-refractivity contribution in [2.24, 2.45) is 5.92 Å². The highest BCUT2D eigenvalue weighted by Crippen LogP contribution is 2.25. The van der Waals surface area contributed by atoms with Gasteiger partial charge in [0.05, 0.1) is 12.1 Å². The first kappa shape index (κ1) is 18.3. The molecule has 0 aliphatic carbocycles. The van der Waals surface area contributed by atoms with Gasteiger partial charge in [-0.1, -0.05) is 37.0 Å². The van der Waals surface area contributed by atoms with Crippen LogP contribution in [0.1, 0.15) is 24.2 Å². The number of ketones is 1. The van der Waals surface area contributed by atoms with Gasteiger partial charge >= 0.3 is 5.97 Å². The second kappa shape index (κ2) is 8.18. The van der Waals surface area contributed by atoms with Crippen molar-refractivity contribution in [1.29, 1.82) is 0 Å². The van der Waals surface area contributed by atoms with Crippen LogP contribution >= 0.6 is 23.2 Å². The maximum Gasteiger partial charge on any atom is 0.343 e. The van der Waals surface area contributed by atoms with E-state index in [1.807, 2.05) is 13.8 Å². The summed E-state index contributed by atoms with van der Waals surface area (Å²) in [6, 6.07) is 11.3. The Balaban J connectivity index is 1.99. The minimum absolute atomic E-state index is 0.0173. The van der Waals surface area contributed by atoms with E-state index in [0.717, 1.165) is 5.69 Å². The Morgan fingerprint density at radius 2 is 1.62 bits per heavy atom. The van der Waals surface area contributed by atoms with Gasteiger partial charge in [-0.2, -0.15) is 0 Å². The molecular formula is C18H17Cl2NO3. The molecule has 126 valence electrons. The van der Waals surface area contributed by atoms with Crippen molar-refractivity contribution in [3.8, 4) is 5.75 Å². The topological polar surface area (TPSA) is 55.4 Å². The molecule has 0 aromatic heterocycles. The lowest BCUT2D eigenvalue weighted by atomic mass is 10.1. The minimum Gasteiger partial charge on any atom is -0.423 e. The van der Waals surface area contributed by atoms with Crippen LogP contribution in [0.15, 0.2) is 42.5 Å². The predicted octanol–water partition coefficient (Wildman–Crippen LogP) is 4.85. The first-order valence-electron chi connectivity index (χ1n) is 7.40. The van der Waals surface area contributed by atoms with Crippen LogP contribution < -0.4 is 10.1 Å². The molecule has 2 rings (SSSR count). The number of nitrogens with one attached hydrogen (secondary N) is 1. The highest BCUT2D eigenvalue weighted by atomic mass is 35.5. The molecule has 0 spiro atoms. The standard InChI is InChI=1S/C18H17Cl2NO3/c1-11(2)17(22)10-21-15-5-3-12(4-6-15)18(23)24-16-8-13(19)7-14(20)9-16/h3-9,11,21H,10H2,1-2H3. The number of halogens is 2. The molecule has 0 bridgehead atoms. The number of rotatable bonds is 6. The van der Waals surface area contributed by atoms with Crippen molar-refractivity contribution in [2.75, 3.05) is 11.9 Å². The van der Waals surface area contributed by atoms with E-state index in [4.69, 9.17) is 27.9 Å². The van der Waals surface area contributed by atoms with Crippen LogP contribution in [0.25, 0.3) is 0 Å². The second-order valence-electron chi connectivity index (χ2n) is 5.55. The first-order chi connectivity index (χ1) is 11.3. The molecule has 0 aliphatic rings. The summed E-state index contributed by atoms with van der Waals surface area (Å²) < 4.78 is 5.25. The number of hydrogen-bond donors (Lipinski definition) is 1. The average Bonchev–Trinajstić information content (AvgIpc) is 2.51. The molecule has 2 aromatic carbocycles. The van der Waals surface area contributed by atoms with Crippen molar-refractivity contribution in [2.45, 2.75) is 13.8 Å². The summed E-state index contributed by atoms with van der Waals surface area (Å²) >= 11 is 11.7. The van der Waals surface area contributed by atoms with E-state index in [2.05, 4.69) is 5.32 Å². The number of Topliss-reactive ketones (excluding diaryl/α,β-unsaturated/α-hetero) is 1. The average molecular weight is 366 g/mol. The van der Waals surface area contributed by atoms with Crippen molar-refractivity contribution in [1.82, 2.24) is 0 Å². The summed E-state index contributed by atoms with van der Waals surface area (Å²) in [4.78, 5) is 23.7. The Kier molecular flexibility index (Phi) is 6.23. The summed E-state index contributed by atoms with van der Waals surface area (Å²) in [6.45, 7) is 3.96. The number of benzene rings is 2. The minimum atomic E-state index is -0.516. The number of esters is 1. The smallest absolute Gasteiger partial charge is 0.343 e. The monoisotopic (exact) mass is 365 g/mol. The van der Waals surface area contributed by atoms with E-state index >= 15 is 0 Å². The van der Waals surface area contributed by atoms with E-state index in [-0.39, 0.29) is 24.0 Å². The van der Waals surface area contributed by atoms with Gasteiger partial charge in [-0.3, -0.25) is 4.79 Å². The zero-order valence-electron chi connectivity index (χ0n) is 13.3. The molecule has 6 heteroatoms. The largest absolute Gasteiger partial charge is 0.423 e. The lowest BCUT2D eigenvalue weighted by Gasteiger charge is -2.09. The van der Waals surface area contributed by atoms with Gasteiger partial charge in [0.15, 0.2) is 5.78 Å². The molecule has 0 fully saturated rings. The molecule has 0 amide bonds. The van der Waals surface area contributed by atoms with E-state index < -0.39 is 5.97 Å². The van der Waals surface area contributed by atoms with E-state index in [9.17, 15) is 9.59 Å². The van der Waals surface area contributed by atoms with Crippen molar-refractivity contribution in [3.05, 3.63) is 58.1 Å². The first-order valence-corrected chi connectivity index (χ1v) is 8.15. The van der Waals surface area contributed by atoms with Gasteiger partial charge in [0.2, 0.25) is 0 Å². The van der Waals surface area contributed by atoms with Crippen LogP contribution in [0, 0.1) is 5.92 Å². The summed E-state index contributed by atoms with van der Waals surface area (Å²) in [5.74, 6) is -0.132. The third-order valence-corrected chi connectivity index (χ3v) is 3.71. The van der Waals surface area contributed by atoms with Crippen molar-refractivity contribution < 1.29 is 14.3 Å². The SMILES string of the molecule is CC(C)C(=O)CNc1ccc(C(=O)Oc2cc(Cl)cc(Cl)c2)cc1. The third kappa shape index (κ3) is 5.25. The van der Waals surface area contributed by atoms with Gasteiger partial charge in [0, 0.05) is 21.7 Å². The van der Waals surface area contributed by atoms with Gasteiger partial charge in [-0.05, 0) is 42.5 Å². The van der Waals surface area contributed by atoms with Gasteiger partial charge in [-0.25, -0.2) is 4.79 Å². The lowest BCUT2D eigenvalue weighted by Crippen LogP contribution is -2.18.